The van der Waals surface area contributed by atoms with Crippen molar-refractivity contribution in [3.05, 3.63) is 30.3 Å². The van der Waals surface area contributed by atoms with Crippen LogP contribution < -0.4 is 10.7 Å². The van der Waals surface area contributed by atoms with Crippen molar-refractivity contribution >= 4 is 17.4 Å². The first-order chi connectivity index (χ1) is 9.93. The number of anilines is 1. The Bertz CT molecular complexity index is 579. The van der Waals surface area contributed by atoms with Gasteiger partial charge in [-0.3, -0.25) is 0 Å². The van der Waals surface area contributed by atoms with E-state index in [-0.39, 0.29) is 16.9 Å². The fourth-order valence-corrected chi connectivity index (χ4v) is 3.90. The van der Waals surface area contributed by atoms with Gasteiger partial charge in [0.15, 0.2) is 0 Å². The summed E-state index contributed by atoms with van der Waals surface area (Å²) in [5, 5.41) is 7.21. The van der Waals surface area contributed by atoms with Crippen molar-refractivity contribution in [1.82, 2.24) is 5.43 Å². The third-order valence-electron chi connectivity index (χ3n) is 5.84. The molecule has 2 atom stereocenters. The van der Waals surface area contributed by atoms with Crippen LogP contribution in [0.5, 0.6) is 0 Å². The summed E-state index contributed by atoms with van der Waals surface area (Å²) in [5.74, 6) is 0.695. The van der Waals surface area contributed by atoms with Crippen molar-refractivity contribution in [2.24, 2.45) is 21.8 Å². The van der Waals surface area contributed by atoms with E-state index in [2.05, 4.69) is 36.6 Å². The molecule has 21 heavy (non-hydrogen) atoms. The van der Waals surface area contributed by atoms with Crippen LogP contribution in [-0.2, 0) is 0 Å². The molecule has 1 aromatic rings. The minimum atomic E-state index is -0.280. The summed E-state index contributed by atoms with van der Waals surface area (Å²) < 4.78 is 0. The number of hydrogen-bond donors (Lipinski definition) is 2. The summed E-state index contributed by atoms with van der Waals surface area (Å²) in [7, 11) is 0. The fraction of sp³-hybridized carbons (Fsp3) is 0.529. The number of rotatable bonds is 2. The van der Waals surface area contributed by atoms with Crippen LogP contribution in [0.2, 0.25) is 0 Å². The first-order valence-electron chi connectivity index (χ1n) is 7.62. The lowest BCUT2D eigenvalue weighted by Gasteiger charge is -2.34. The van der Waals surface area contributed by atoms with E-state index in [9.17, 15) is 4.79 Å². The molecule has 1 aromatic carbocycles. The molecule has 2 fully saturated rings. The Balaban J connectivity index is 1.66. The standard InChI is InChI=1S/C17H23N3O/c1-16(2)12-9-10-17(16,3)14(11-12)19-20-15(21)18-13-7-5-4-6-8-13/h4-8,12H,9-11H2,1-3H3,(H2,18,20,21)/b19-14-/t12-,17+/m0/s1. The molecule has 4 nitrogen and oxygen atoms in total. The molecule has 2 amide bonds. The number of para-hydroxylation sites is 1. The molecule has 2 N–H and O–H groups in total. The molecule has 2 saturated carbocycles. The van der Waals surface area contributed by atoms with Gasteiger partial charge in [0.2, 0.25) is 0 Å². The number of nitrogens with one attached hydrogen (secondary N) is 2. The van der Waals surface area contributed by atoms with Gasteiger partial charge < -0.3 is 5.32 Å². The van der Waals surface area contributed by atoms with Gasteiger partial charge >= 0.3 is 6.03 Å². The zero-order valence-electron chi connectivity index (χ0n) is 12.9. The van der Waals surface area contributed by atoms with Crippen molar-refractivity contribution in [1.29, 1.82) is 0 Å². The minimum Gasteiger partial charge on any atom is -0.307 e. The highest BCUT2D eigenvalue weighted by Crippen LogP contribution is 2.63. The summed E-state index contributed by atoms with van der Waals surface area (Å²) >= 11 is 0. The highest BCUT2D eigenvalue weighted by atomic mass is 16.2. The zero-order valence-corrected chi connectivity index (χ0v) is 12.9. The number of carbonyl (C=O) groups excluding carboxylic acids is 1. The van der Waals surface area contributed by atoms with Gasteiger partial charge in [0, 0.05) is 16.8 Å². The maximum Gasteiger partial charge on any atom is 0.339 e. The van der Waals surface area contributed by atoms with E-state index in [1.807, 2.05) is 30.3 Å². The maximum atomic E-state index is 11.9. The third kappa shape index (κ3) is 2.23. The molecule has 0 saturated heterocycles. The highest BCUT2D eigenvalue weighted by molar-refractivity contribution is 5.96. The molecular formula is C17H23N3O. The predicted octanol–water partition coefficient (Wildman–Crippen LogP) is 4.01. The van der Waals surface area contributed by atoms with Gasteiger partial charge in [0.1, 0.15) is 0 Å². The van der Waals surface area contributed by atoms with Gasteiger partial charge in [0.05, 0.1) is 0 Å². The SMILES string of the molecule is CC1(C)[C@H]2CC[C@]1(C)/C(=N\NC(=O)Nc1ccccc1)C2. The Morgan fingerprint density at radius 3 is 2.52 bits per heavy atom. The molecular weight excluding hydrogens is 262 g/mol. The topological polar surface area (TPSA) is 53.5 Å². The molecule has 2 aliphatic rings. The molecule has 112 valence electrons. The van der Waals surface area contributed by atoms with E-state index in [4.69, 9.17) is 0 Å². The van der Waals surface area contributed by atoms with Crippen molar-refractivity contribution in [3.8, 4) is 0 Å². The number of hydrogen-bond acceptors (Lipinski definition) is 2. The molecule has 0 aliphatic heterocycles. The maximum absolute atomic E-state index is 11.9. The van der Waals surface area contributed by atoms with E-state index in [1.54, 1.807) is 0 Å². The summed E-state index contributed by atoms with van der Waals surface area (Å²) in [6.07, 6.45) is 3.46. The number of amides is 2. The number of hydrazone groups is 1. The van der Waals surface area contributed by atoms with Gasteiger partial charge in [-0.05, 0) is 42.7 Å². The largest absolute Gasteiger partial charge is 0.339 e. The van der Waals surface area contributed by atoms with E-state index < -0.39 is 0 Å². The molecule has 0 aromatic heterocycles. The van der Waals surface area contributed by atoms with Crippen molar-refractivity contribution in [2.45, 2.75) is 40.0 Å². The van der Waals surface area contributed by atoms with Crippen LogP contribution in [0.1, 0.15) is 40.0 Å². The third-order valence-corrected chi connectivity index (χ3v) is 5.84. The van der Waals surface area contributed by atoms with Gasteiger partial charge in [-0.1, -0.05) is 39.0 Å². The Morgan fingerprint density at radius 1 is 1.24 bits per heavy atom. The lowest BCUT2D eigenvalue weighted by molar-refractivity contribution is 0.193. The molecule has 4 heteroatoms. The molecule has 3 rings (SSSR count). The Hall–Kier alpha value is -1.84. The van der Waals surface area contributed by atoms with Gasteiger partial charge in [-0.15, -0.1) is 0 Å². The number of carbonyl (C=O) groups is 1. The van der Waals surface area contributed by atoms with E-state index in [0.29, 0.717) is 5.92 Å². The number of urea groups is 1. The van der Waals surface area contributed by atoms with Crippen LogP contribution in [0.3, 0.4) is 0 Å². The minimum absolute atomic E-state index is 0.123. The second kappa shape index (κ2) is 4.86. The normalized spacial score (nSPS) is 31.4. The first kappa shape index (κ1) is 14.1. The second-order valence-corrected chi connectivity index (χ2v) is 6.98. The van der Waals surface area contributed by atoms with Gasteiger partial charge in [-0.2, -0.15) is 5.10 Å². The Morgan fingerprint density at radius 2 is 1.95 bits per heavy atom. The van der Waals surface area contributed by atoms with Crippen LogP contribution in [0.25, 0.3) is 0 Å². The van der Waals surface area contributed by atoms with Crippen LogP contribution >= 0.6 is 0 Å². The smallest absolute Gasteiger partial charge is 0.307 e. The number of benzene rings is 1. The zero-order chi connectivity index (χ0) is 15.1. The van der Waals surface area contributed by atoms with Crippen LogP contribution in [0.15, 0.2) is 35.4 Å². The monoisotopic (exact) mass is 285 g/mol. The van der Waals surface area contributed by atoms with Crippen LogP contribution in [-0.4, -0.2) is 11.7 Å². The number of nitrogens with zero attached hydrogens (tertiary/aromatic N) is 1. The summed E-state index contributed by atoms with van der Waals surface area (Å²) in [6, 6.07) is 9.13. The fourth-order valence-electron chi connectivity index (χ4n) is 3.90. The molecule has 0 unspecified atom stereocenters. The Kier molecular flexibility index (Phi) is 3.27. The van der Waals surface area contributed by atoms with Gasteiger partial charge in [-0.25, -0.2) is 10.2 Å². The average molecular weight is 285 g/mol. The molecule has 2 aliphatic carbocycles. The second-order valence-electron chi connectivity index (χ2n) is 6.98. The van der Waals surface area contributed by atoms with E-state index in [0.717, 1.165) is 17.8 Å². The summed E-state index contributed by atoms with van der Waals surface area (Å²) in [4.78, 5) is 11.9. The van der Waals surface area contributed by atoms with Crippen molar-refractivity contribution < 1.29 is 4.79 Å². The summed E-state index contributed by atoms with van der Waals surface area (Å²) in [5.41, 5.74) is 4.98. The van der Waals surface area contributed by atoms with Crippen LogP contribution in [0.4, 0.5) is 10.5 Å². The molecule has 2 bridgehead atoms. The highest BCUT2D eigenvalue weighted by Gasteiger charge is 2.59. The lowest BCUT2D eigenvalue weighted by atomic mass is 9.70. The van der Waals surface area contributed by atoms with Crippen LogP contribution in [0, 0.1) is 16.7 Å². The molecule has 0 heterocycles. The van der Waals surface area contributed by atoms with Crippen molar-refractivity contribution in [3.63, 3.8) is 0 Å². The average Bonchev–Trinajstić information content (AvgIpc) is 2.79. The Labute approximate surface area is 126 Å². The van der Waals surface area contributed by atoms with E-state index in [1.165, 1.54) is 12.8 Å². The molecule has 0 radical (unpaired) electrons. The lowest BCUT2D eigenvalue weighted by Crippen LogP contribution is -2.35. The quantitative estimate of drug-likeness (QED) is 0.792. The van der Waals surface area contributed by atoms with Gasteiger partial charge in [0.25, 0.3) is 0 Å². The van der Waals surface area contributed by atoms with Crippen molar-refractivity contribution in [2.75, 3.05) is 5.32 Å². The summed E-state index contributed by atoms with van der Waals surface area (Å²) in [6.45, 7) is 6.95. The van der Waals surface area contributed by atoms with E-state index >= 15 is 0 Å². The first-order valence-corrected chi connectivity index (χ1v) is 7.62. The molecule has 0 spiro atoms. The predicted molar refractivity (Wildman–Crippen MR) is 85.3 cm³/mol. The number of fused-ring (bicyclic) bond motifs is 2.